The molecule has 1 atom stereocenters. The van der Waals surface area contributed by atoms with Gasteiger partial charge in [0, 0.05) is 84.6 Å². The topological polar surface area (TPSA) is 335 Å². The highest BCUT2D eigenvalue weighted by molar-refractivity contribution is 5.95. The SMILES string of the molecule is NCCNC(=O)CCC(=O)NCCNC(=O)CCC(=O)NCCNC(=O)NC(N)=NCCC[C@@H](NC(=O)C(c1ccccc1)c1ccccc1)C(=O)NCc1ccc(CNC(N)=O)cc1. The van der Waals surface area contributed by atoms with Crippen LogP contribution < -0.4 is 65.1 Å². The summed E-state index contributed by atoms with van der Waals surface area (Å²) in [6.45, 7) is 1.62. The molecule has 0 aliphatic heterocycles. The van der Waals surface area contributed by atoms with Gasteiger partial charge in [-0.2, -0.15) is 0 Å². The van der Waals surface area contributed by atoms with Gasteiger partial charge in [0.25, 0.3) is 0 Å². The van der Waals surface area contributed by atoms with E-state index in [1.165, 1.54) is 0 Å². The standard InChI is InChI=1S/C44H61N13O8/c45-21-23-48-35(58)17-18-36(59)49-24-25-50-37(60)19-20-38(61)51-26-27-53-44(65)57-42(46)52-22-7-12-34(40(62)54-28-30-13-15-31(16-14-30)29-55-43(47)64)56-41(63)39(32-8-3-1-4-9-32)33-10-5-2-6-11-33/h1-6,8-11,13-16,34,39H,7,12,17-29,45H2,(H,48,58)(H,49,59)(H,50,60)(H,51,61)(H,54,62)(H,56,63)(H3,47,55,64)(H4,46,52,53,57,65)/t34-/m1/s1. The van der Waals surface area contributed by atoms with Crippen LogP contribution in [0, 0.1) is 0 Å². The van der Waals surface area contributed by atoms with E-state index in [9.17, 15) is 38.4 Å². The normalized spacial score (nSPS) is 11.3. The summed E-state index contributed by atoms with van der Waals surface area (Å²) in [5.74, 6) is -3.07. The van der Waals surface area contributed by atoms with Crippen LogP contribution in [0.25, 0.3) is 0 Å². The zero-order valence-electron chi connectivity index (χ0n) is 36.3. The van der Waals surface area contributed by atoms with Crippen molar-refractivity contribution in [3.05, 3.63) is 107 Å². The van der Waals surface area contributed by atoms with Gasteiger partial charge in [-0.25, -0.2) is 9.59 Å². The number of nitrogens with two attached hydrogens (primary N) is 3. The highest BCUT2D eigenvalue weighted by Gasteiger charge is 2.28. The van der Waals surface area contributed by atoms with Crippen LogP contribution in [0.4, 0.5) is 9.59 Å². The van der Waals surface area contributed by atoms with Crippen LogP contribution in [0.5, 0.6) is 0 Å². The van der Waals surface area contributed by atoms with E-state index in [0.29, 0.717) is 19.5 Å². The van der Waals surface area contributed by atoms with E-state index in [2.05, 4.69) is 52.8 Å². The average Bonchev–Trinajstić information content (AvgIpc) is 3.30. The molecule has 3 aromatic carbocycles. The Morgan fingerprint density at radius 1 is 0.523 bits per heavy atom. The number of hydrogen-bond donors (Lipinski definition) is 12. The third kappa shape index (κ3) is 21.9. The first-order chi connectivity index (χ1) is 31.3. The lowest BCUT2D eigenvalue weighted by molar-refractivity contribution is -0.129. The summed E-state index contributed by atoms with van der Waals surface area (Å²) in [7, 11) is 0. The molecule has 0 saturated carbocycles. The van der Waals surface area contributed by atoms with E-state index in [0.717, 1.165) is 22.3 Å². The van der Waals surface area contributed by atoms with E-state index < -0.39 is 35.8 Å². The highest BCUT2D eigenvalue weighted by atomic mass is 16.2. The predicted octanol–water partition coefficient (Wildman–Crippen LogP) is -0.834. The third-order valence-electron chi connectivity index (χ3n) is 9.42. The van der Waals surface area contributed by atoms with E-state index in [-0.39, 0.29) is 108 Å². The van der Waals surface area contributed by atoms with Gasteiger partial charge in [0.1, 0.15) is 6.04 Å². The summed E-state index contributed by atoms with van der Waals surface area (Å²) in [6, 6.07) is 23.4. The third-order valence-corrected chi connectivity index (χ3v) is 9.42. The van der Waals surface area contributed by atoms with Crippen molar-refractivity contribution in [1.82, 2.24) is 47.9 Å². The lowest BCUT2D eigenvalue weighted by Crippen LogP contribution is -2.48. The minimum Gasteiger partial charge on any atom is -0.370 e. The van der Waals surface area contributed by atoms with Crippen LogP contribution in [0.15, 0.2) is 89.9 Å². The van der Waals surface area contributed by atoms with Crippen molar-refractivity contribution in [2.24, 2.45) is 22.2 Å². The van der Waals surface area contributed by atoms with E-state index >= 15 is 0 Å². The van der Waals surface area contributed by atoms with Gasteiger partial charge in [-0.05, 0) is 35.1 Å². The van der Waals surface area contributed by atoms with Crippen molar-refractivity contribution in [2.45, 2.75) is 63.6 Å². The first-order valence-electron chi connectivity index (χ1n) is 21.2. The van der Waals surface area contributed by atoms with Gasteiger partial charge >= 0.3 is 12.1 Å². The van der Waals surface area contributed by atoms with Gasteiger partial charge in [-0.3, -0.25) is 39.1 Å². The van der Waals surface area contributed by atoms with Crippen LogP contribution in [0.2, 0.25) is 0 Å². The van der Waals surface area contributed by atoms with Crippen molar-refractivity contribution >= 4 is 53.5 Å². The largest absolute Gasteiger partial charge is 0.370 e. The fraction of sp³-hybridized carbons (Fsp3) is 0.386. The predicted molar refractivity (Wildman–Crippen MR) is 243 cm³/mol. The molecule has 0 aliphatic rings. The number of rotatable bonds is 27. The van der Waals surface area contributed by atoms with Crippen LogP contribution in [0.3, 0.4) is 0 Å². The van der Waals surface area contributed by atoms with Crippen LogP contribution in [-0.2, 0) is 41.9 Å². The van der Waals surface area contributed by atoms with Gasteiger partial charge in [0.05, 0.1) is 5.92 Å². The molecule has 3 aromatic rings. The number of carbonyl (C=O) groups is 8. The molecule has 0 heterocycles. The molecule has 350 valence electrons. The molecule has 0 unspecified atom stereocenters. The Morgan fingerprint density at radius 3 is 1.43 bits per heavy atom. The number of hydrogen-bond acceptors (Lipinski definition) is 10. The molecule has 0 saturated heterocycles. The minimum absolute atomic E-state index is 0.00308. The van der Waals surface area contributed by atoms with Crippen molar-refractivity contribution in [2.75, 3.05) is 45.8 Å². The maximum absolute atomic E-state index is 14.0. The first kappa shape index (κ1) is 51.8. The number of benzene rings is 3. The maximum Gasteiger partial charge on any atom is 0.321 e. The quantitative estimate of drug-likeness (QED) is 0.0256. The second kappa shape index (κ2) is 29.7. The van der Waals surface area contributed by atoms with Crippen molar-refractivity contribution in [3.63, 3.8) is 0 Å². The zero-order valence-corrected chi connectivity index (χ0v) is 36.3. The molecule has 0 spiro atoms. The molecule has 0 radical (unpaired) electrons. The minimum atomic E-state index is -0.951. The Labute approximate surface area is 377 Å². The molecule has 21 heteroatoms. The molecule has 21 nitrogen and oxygen atoms in total. The van der Waals surface area contributed by atoms with Gasteiger partial charge in [0.15, 0.2) is 5.96 Å². The van der Waals surface area contributed by atoms with E-state index in [4.69, 9.17) is 17.2 Å². The molecule has 0 aliphatic carbocycles. The summed E-state index contributed by atoms with van der Waals surface area (Å²) in [5, 5.41) is 23.6. The van der Waals surface area contributed by atoms with Gasteiger partial charge in [-0.1, -0.05) is 84.9 Å². The summed E-state index contributed by atoms with van der Waals surface area (Å²) in [4.78, 5) is 103. The van der Waals surface area contributed by atoms with Gasteiger partial charge < -0.3 is 59.7 Å². The Balaban J connectivity index is 1.42. The molecule has 0 aromatic heterocycles. The van der Waals surface area contributed by atoms with Crippen LogP contribution in [-0.4, -0.2) is 105 Å². The number of nitrogens with zero attached hydrogens (tertiary/aromatic N) is 1. The van der Waals surface area contributed by atoms with Crippen molar-refractivity contribution in [3.8, 4) is 0 Å². The number of amides is 10. The Bertz CT molecular complexity index is 2000. The Kier molecular flexibility index (Phi) is 23.7. The van der Waals surface area contributed by atoms with Crippen LogP contribution >= 0.6 is 0 Å². The number of urea groups is 2. The summed E-state index contributed by atoms with van der Waals surface area (Å²) in [6.07, 6.45) is 0.344. The average molecular weight is 900 g/mol. The fourth-order valence-electron chi connectivity index (χ4n) is 6.08. The lowest BCUT2D eigenvalue weighted by Gasteiger charge is -2.23. The van der Waals surface area contributed by atoms with E-state index in [1.54, 1.807) is 12.1 Å². The maximum atomic E-state index is 14.0. The number of guanidine groups is 1. The van der Waals surface area contributed by atoms with Gasteiger partial charge in [0.2, 0.25) is 35.4 Å². The molecular formula is C44H61N13O8. The molecule has 65 heavy (non-hydrogen) atoms. The molecule has 15 N–H and O–H groups in total. The fourth-order valence-corrected chi connectivity index (χ4v) is 6.08. The molecule has 0 bridgehead atoms. The highest BCUT2D eigenvalue weighted by Crippen LogP contribution is 2.25. The second-order valence-electron chi connectivity index (χ2n) is 14.5. The monoisotopic (exact) mass is 899 g/mol. The zero-order chi connectivity index (χ0) is 47.2. The molecule has 0 fully saturated rings. The Morgan fingerprint density at radius 2 is 0.969 bits per heavy atom. The van der Waals surface area contributed by atoms with Crippen molar-refractivity contribution in [1.29, 1.82) is 0 Å². The van der Waals surface area contributed by atoms with E-state index in [1.807, 2.05) is 72.8 Å². The summed E-state index contributed by atoms with van der Waals surface area (Å²) < 4.78 is 0. The van der Waals surface area contributed by atoms with Crippen LogP contribution in [0.1, 0.15) is 66.7 Å². The summed E-state index contributed by atoms with van der Waals surface area (Å²) in [5.41, 5.74) is 19.5. The number of aliphatic imine (C=N–C) groups is 1. The number of carbonyl (C=O) groups excluding carboxylic acids is 8. The van der Waals surface area contributed by atoms with Gasteiger partial charge in [-0.15, -0.1) is 0 Å². The second-order valence-corrected chi connectivity index (χ2v) is 14.5. The smallest absolute Gasteiger partial charge is 0.321 e. The molecule has 3 rings (SSSR count). The lowest BCUT2D eigenvalue weighted by atomic mass is 9.90. The first-order valence-corrected chi connectivity index (χ1v) is 21.2. The number of primary amides is 1. The Hall–Kier alpha value is -7.55. The summed E-state index contributed by atoms with van der Waals surface area (Å²) >= 11 is 0. The molecule has 10 amide bonds. The molecular weight excluding hydrogens is 839 g/mol. The number of nitrogens with one attached hydrogen (secondary N) is 9. The van der Waals surface area contributed by atoms with Crippen molar-refractivity contribution < 1.29 is 38.4 Å².